The van der Waals surface area contributed by atoms with Crippen LogP contribution in [0.4, 0.5) is 5.69 Å². The Morgan fingerprint density at radius 1 is 1.14 bits per heavy atom. The van der Waals surface area contributed by atoms with Crippen molar-refractivity contribution < 1.29 is 17.9 Å². The number of amides is 1. The van der Waals surface area contributed by atoms with Crippen molar-refractivity contribution in [1.29, 1.82) is 0 Å². The minimum absolute atomic E-state index is 0.0878. The first-order valence-electron chi connectivity index (χ1n) is 8.60. The van der Waals surface area contributed by atoms with Crippen LogP contribution >= 0.6 is 0 Å². The lowest BCUT2D eigenvalue weighted by Gasteiger charge is -2.24. The molecule has 1 amide bonds. The summed E-state index contributed by atoms with van der Waals surface area (Å²) < 4.78 is 34.9. The molecule has 0 aliphatic carbocycles. The van der Waals surface area contributed by atoms with Gasteiger partial charge in [-0.25, -0.2) is 0 Å². The second kappa shape index (κ2) is 7.85. The van der Waals surface area contributed by atoms with Crippen LogP contribution in [0.1, 0.15) is 18.1 Å². The first kappa shape index (κ1) is 19.6. The van der Waals surface area contributed by atoms with Crippen LogP contribution in [0.15, 0.2) is 64.7 Å². The quantitative estimate of drug-likeness (QED) is 0.837. The van der Waals surface area contributed by atoms with Gasteiger partial charge in [-0.3, -0.25) is 9.10 Å². The maximum absolute atomic E-state index is 12.8. The van der Waals surface area contributed by atoms with E-state index < -0.39 is 16.1 Å². The second-order valence-electron chi connectivity index (χ2n) is 6.39. The van der Waals surface area contributed by atoms with Crippen molar-refractivity contribution >= 4 is 27.5 Å². The van der Waals surface area contributed by atoms with Crippen molar-refractivity contribution in [3.8, 4) is 5.75 Å². The van der Waals surface area contributed by atoms with Crippen molar-refractivity contribution in [3.05, 3.63) is 71.4 Å². The molecular formula is C20H21N3O4S. The largest absolute Gasteiger partial charge is 0.495 e. The van der Waals surface area contributed by atoms with Crippen molar-refractivity contribution in [2.45, 2.75) is 20.4 Å². The summed E-state index contributed by atoms with van der Waals surface area (Å²) in [6.45, 7) is 3.48. The molecule has 0 fully saturated rings. The molecule has 0 saturated carbocycles. The molecule has 0 unspecified atom stereocenters. The summed E-state index contributed by atoms with van der Waals surface area (Å²) in [5.41, 5.74) is 2.55. The zero-order valence-corrected chi connectivity index (χ0v) is 16.7. The first-order chi connectivity index (χ1) is 13.3. The van der Waals surface area contributed by atoms with Crippen LogP contribution in [0.2, 0.25) is 0 Å². The molecule has 0 radical (unpaired) electrons. The number of carbonyl (C=O) groups is 1. The van der Waals surface area contributed by atoms with Crippen molar-refractivity contribution in [3.63, 3.8) is 0 Å². The van der Waals surface area contributed by atoms with Gasteiger partial charge in [0.25, 0.3) is 5.91 Å². The van der Waals surface area contributed by atoms with Gasteiger partial charge in [-0.15, -0.1) is 4.40 Å². The van der Waals surface area contributed by atoms with Gasteiger partial charge in [0.1, 0.15) is 5.75 Å². The lowest BCUT2D eigenvalue weighted by molar-refractivity contribution is -0.112. The van der Waals surface area contributed by atoms with Crippen LogP contribution in [-0.2, 0) is 21.5 Å². The van der Waals surface area contributed by atoms with Gasteiger partial charge in [0.2, 0.25) is 0 Å². The summed E-state index contributed by atoms with van der Waals surface area (Å²) in [5, 5.41) is 2.78. The highest BCUT2D eigenvalue weighted by Gasteiger charge is 2.28. The highest BCUT2D eigenvalue weighted by molar-refractivity contribution is 7.88. The molecule has 0 aromatic heterocycles. The van der Waals surface area contributed by atoms with E-state index in [2.05, 4.69) is 9.71 Å². The molecule has 1 heterocycles. The fourth-order valence-corrected chi connectivity index (χ4v) is 3.90. The van der Waals surface area contributed by atoms with Gasteiger partial charge in [0.15, 0.2) is 0 Å². The van der Waals surface area contributed by atoms with Crippen LogP contribution in [0, 0.1) is 6.92 Å². The first-order valence-corrected chi connectivity index (χ1v) is 10.0. The number of nitrogens with one attached hydrogen (secondary N) is 1. The Morgan fingerprint density at radius 3 is 2.54 bits per heavy atom. The summed E-state index contributed by atoms with van der Waals surface area (Å²) in [5.74, 6) is 0.0526. The molecule has 1 aliphatic heterocycles. The van der Waals surface area contributed by atoms with Gasteiger partial charge in [-0.05, 0) is 37.1 Å². The summed E-state index contributed by atoms with van der Waals surface area (Å²) in [7, 11) is -2.37. The Hall–Kier alpha value is -3.13. The van der Waals surface area contributed by atoms with E-state index in [9.17, 15) is 13.2 Å². The maximum Gasteiger partial charge on any atom is 0.344 e. The number of benzene rings is 2. The minimum atomic E-state index is -3.89. The predicted molar refractivity (Wildman–Crippen MR) is 108 cm³/mol. The molecule has 0 saturated heterocycles. The molecule has 0 spiro atoms. The Bertz CT molecular complexity index is 1060. The molecule has 146 valence electrons. The topological polar surface area (TPSA) is 88.1 Å². The van der Waals surface area contributed by atoms with E-state index in [0.29, 0.717) is 11.4 Å². The number of carbonyl (C=O) groups excluding carboxylic acids is 1. The summed E-state index contributed by atoms with van der Waals surface area (Å²) >= 11 is 0. The SMILES string of the molecule is COc1ccc(C)cc1NC(=O)C1=CN(Cc2ccccc2)S(=O)(=O)N=C1C. The molecule has 1 aliphatic rings. The minimum Gasteiger partial charge on any atom is -0.495 e. The number of hydrogen-bond donors (Lipinski definition) is 1. The fourth-order valence-electron chi connectivity index (χ4n) is 2.80. The van der Waals surface area contributed by atoms with Gasteiger partial charge >= 0.3 is 10.2 Å². The molecule has 2 aromatic carbocycles. The lowest BCUT2D eigenvalue weighted by atomic mass is 10.1. The molecule has 7 nitrogen and oxygen atoms in total. The Balaban J connectivity index is 1.90. The monoisotopic (exact) mass is 399 g/mol. The van der Waals surface area contributed by atoms with Gasteiger partial charge in [-0.1, -0.05) is 36.4 Å². The van der Waals surface area contributed by atoms with Crippen molar-refractivity contribution in [1.82, 2.24) is 4.31 Å². The second-order valence-corrected chi connectivity index (χ2v) is 7.93. The number of rotatable bonds is 5. The van der Waals surface area contributed by atoms with Crippen LogP contribution in [0.25, 0.3) is 0 Å². The Morgan fingerprint density at radius 2 is 1.86 bits per heavy atom. The van der Waals surface area contributed by atoms with Gasteiger partial charge < -0.3 is 10.1 Å². The number of anilines is 1. The number of methoxy groups -OCH3 is 1. The number of hydrogen-bond acceptors (Lipinski definition) is 4. The van der Waals surface area contributed by atoms with E-state index in [1.54, 1.807) is 12.1 Å². The van der Waals surface area contributed by atoms with E-state index in [4.69, 9.17) is 4.74 Å². The Kier molecular flexibility index (Phi) is 5.51. The Labute approximate surface area is 164 Å². The average Bonchev–Trinajstić information content (AvgIpc) is 2.64. The molecule has 8 heteroatoms. The average molecular weight is 399 g/mol. The zero-order chi connectivity index (χ0) is 20.3. The third kappa shape index (κ3) is 4.23. The van der Waals surface area contributed by atoms with Gasteiger partial charge in [0.05, 0.1) is 30.6 Å². The third-order valence-electron chi connectivity index (χ3n) is 4.24. The van der Waals surface area contributed by atoms with Crippen LogP contribution < -0.4 is 10.1 Å². The van der Waals surface area contributed by atoms with E-state index in [-0.39, 0.29) is 17.8 Å². The van der Waals surface area contributed by atoms with Gasteiger partial charge in [0, 0.05) is 6.20 Å². The van der Waals surface area contributed by atoms with E-state index >= 15 is 0 Å². The van der Waals surface area contributed by atoms with Crippen LogP contribution in [-0.4, -0.2) is 31.5 Å². The van der Waals surface area contributed by atoms with E-state index in [1.165, 1.54) is 20.2 Å². The maximum atomic E-state index is 12.8. The van der Waals surface area contributed by atoms with Crippen LogP contribution in [0.5, 0.6) is 5.75 Å². The number of ether oxygens (including phenoxy) is 1. The molecule has 0 atom stereocenters. The zero-order valence-electron chi connectivity index (χ0n) is 15.8. The summed E-state index contributed by atoms with van der Waals surface area (Å²) in [6, 6.07) is 14.5. The van der Waals surface area contributed by atoms with Gasteiger partial charge in [-0.2, -0.15) is 8.42 Å². The smallest absolute Gasteiger partial charge is 0.344 e. The van der Waals surface area contributed by atoms with Crippen LogP contribution in [0.3, 0.4) is 0 Å². The predicted octanol–water partition coefficient (Wildman–Crippen LogP) is 3.05. The van der Waals surface area contributed by atoms with E-state index in [0.717, 1.165) is 15.4 Å². The van der Waals surface area contributed by atoms with Crippen molar-refractivity contribution in [2.24, 2.45) is 4.40 Å². The summed E-state index contributed by atoms with van der Waals surface area (Å²) in [6.07, 6.45) is 1.32. The fraction of sp³-hybridized carbons (Fsp3) is 0.200. The normalized spacial score (nSPS) is 15.5. The molecule has 0 bridgehead atoms. The molecular weight excluding hydrogens is 378 g/mol. The van der Waals surface area contributed by atoms with E-state index in [1.807, 2.05) is 43.3 Å². The standard InChI is InChI=1S/C20H21N3O4S/c1-14-9-10-19(27-3)18(11-14)21-20(24)17-13-23(28(25,26)22-15(17)2)12-16-7-5-4-6-8-16/h4-11,13H,12H2,1-3H3,(H,21,24). The molecule has 28 heavy (non-hydrogen) atoms. The highest BCUT2D eigenvalue weighted by Crippen LogP contribution is 2.27. The lowest BCUT2D eigenvalue weighted by Crippen LogP contribution is -2.32. The highest BCUT2D eigenvalue weighted by atomic mass is 32.2. The molecule has 3 rings (SSSR count). The molecule has 2 aromatic rings. The third-order valence-corrected chi connectivity index (χ3v) is 5.57. The number of aryl methyl sites for hydroxylation is 1. The van der Waals surface area contributed by atoms with Crippen molar-refractivity contribution in [2.75, 3.05) is 12.4 Å². The summed E-state index contributed by atoms with van der Waals surface area (Å²) in [4.78, 5) is 12.8. The number of nitrogens with zero attached hydrogens (tertiary/aromatic N) is 2. The molecule has 1 N–H and O–H groups in total.